The molecule has 3 heterocycles. The first-order chi connectivity index (χ1) is 26.2. The van der Waals surface area contributed by atoms with E-state index in [0.717, 1.165) is 89.3 Å². The third-order valence-corrected chi connectivity index (χ3v) is 10.8. The van der Waals surface area contributed by atoms with Crippen molar-refractivity contribution in [2.75, 3.05) is 0 Å². The highest BCUT2D eigenvalue weighted by atomic mass is 16.5. The third-order valence-electron chi connectivity index (χ3n) is 10.8. The van der Waals surface area contributed by atoms with E-state index in [4.69, 9.17) is 19.1 Å². The maximum Gasteiger partial charge on any atom is 0.160 e. The van der Waals surface area contributed by atoms with Gasteiger partial charge in [-0.25, -0.2) is 9.97 Å². The van der Waals surface area contributed by atoms with Crippen molar-refractivity contribution in [1.82, 2.24) is 9.97 Å². The van der Waals surface area contributed by atoms with E-state index in [-0.39, 0.29) is 0 Å². The number of rotatable bonds is 3. The second kappa shape index (κ2) is 11.5. The highest BCUT2D eigenvalue weighted by Crippen LogP contribution is 2.59. The summed E-state index contributed by atoms with van der Waals surface area (Å²) in [5, 5.41) is 2.10. The van der Waals surface area contributed by atoms with Crippen molar-refractivity contribution in [3.8, 4) is 45.4 Å². The van der Waals surface area contributed by atoms with Crippen molar-refractivity contribution in [3.63, 3.8) is 0 Å². The lowest BCUT2D eigenvalue weighted by atomic mass is 9.62. The molecule has 1 aliphatic heterocycles. The number of nitrogens with zero attached hydrogens (tertiary/aromatic N) is 2. The van der Waals surface area contributed by atoms with Crippen LogP contribution in [0.3, 0.4) is 0 Å². The molecule has 1 spiro atoms. The molecule has 4 nitrogen and oxygen atoms in total. The van der Waals surface area contributed by atoms with Crippen LogP contribution >= 0.6 is 0 Å². The zero-order valence-corrected chi connectivity index (χ0v) is 28.5. The molecule has 7 aromatic carbocycles. The van der Waals surface area contributed by atoms with E-state index in [0.29, 0.717) is 5.82 Å². The van der Waals surface area contributed by atoms with E-state index < -0.39 is 5.41 Å². The van der Waals surface area contributed by atoms with Gasteiger partial charge < -0.3 is 9.15 Å². The monoisotopic (exact) mass is 678 g/mol. The Morgan fingerprint density at radius 2 is 1.04 bits per heavy atom. The number of ether oxygens (including phenoxy) is 1. The average molecular weight is 679 g/mol. The topological polar surface area (TPSA) is 48.2 Å². The Morgan fingerprint density at radius 1 is 0.396 bits per heavy atom. The number of hydrogen-bond donors (Lipinski definition) is 0. The van der Waals surface area contributed by atoms with E-state index in [1.807, 2.05) is 48.5 Å². The van der Waals surface area contributed by atoms with Gasteiger partial charge in [-0.2, -0.15) is 0 Å². The predicted molar refractivity (Wildman–Crippen MR) is 213 cm³/mol. The molecule has 0 N–H and O–H groups in total. The van der Waals surface area contributed by atoms with Gasteiger partial charge in [0, 0.05) is 38.6 Å². The maximum atomic E-state index is 6.86. The summed E-state index contributed by atoms with van der Waals surface area (Å²) in [6.07, 6.45) is 4.47. The van der Waals surface area contributed by atoms with Crippen LogP contribution in [0.15, 0.2) is 174 Å². The molecule has 53 heavy (non-hydrogen) atoms. The fourth-order valence-electron chi connectivity index (χ4n) is 8.40. The molecule has 0 radical (unpaired) electrons. The summed E-state index contributed by atoms with van der Waals surface area (Å²) in [6, 6.07) is 59.2. The second-order valence-corrected chi connectivity index (χ2v) is 13.7. The highest BCUT2D eigenvalue weighted by molar-refractivity contribution is 6.06. The summed E-state index contributed by atoms with van der Waals surface area (Å²) >= 11 is 0. The van der Waals surface area contributed by atoms with Crippen molar-refractivity contribution in [2.24, 2.45) is 0 Å². The molecule has 248 valence electrons. The summed E-state index contributed by atoms with van der Waals surface area (Å²) < 4.78 is 13.4. The van der Waals surface area contributed by atoms with E-state index in [2.05, 4.69) is 133 Å². The molecular weight excluding hydrogens is 649 g/mol. The molecule has 1 atom stereocenters. The fraction of sp³-hybridized carbons (Fsp3) is 0.0204. The lowest BCUT2D eigenvalue weighted by molar-refractivity contribution is 0.435. The normalized spacial score (nSPS) is 15.3. The van der Waals surface area contributed by atoms with Gasteiger partial charge in [-0.1, -0.05) is 146 Å². The minimum atomic E-state index is -0.762. The summed E-state index contributed by atoms with van der Waals surface area (Å²) in [5.74, 6) is 2.30. The smallest absolute Gasteiger partial charge is 0.160 e. The summed E-state index contributed by atoms with van der Waals surface area (Å²) in [6.45, 7) is 0. The van der Waals surface area contributed by atoms with Crippen LogP contribution in [0.25, 0.3) is 68.0 Å². The van der Waals surface area contributed by atoms with Crippen molar-refractivity contribution in [2.45, 2.75) is 5.41 Å². The molecule has 0 saturated carbocycles. The fourth-order valence-corrected chi connectivity index (χ4v) is 8.40. The van der Waals surface area contributed by atoms with Gasteiger partial charge in [0.1, 0.15) is 22.7 Å². The largest absolute Gasteiger partial charge is 0.457 e. The molecule has 4 heteroatoms. The third kappa shape index (κ3) is 4.49. The summed E-state index contributed by atoms with van der Waals surface area (Å²) in [4.78, 5) is 10.5. The lowest BCUT2D eigenvalue weighted by Crippen LogP contribution is -2.35. The van der Waals surface area contributed by atoms with Crippen LogP contribution in [0.4, 0.5) is 0 Å². The Balaban J connectivity index is 1.23. The number of furan rings is 1. The minimum Gasteiger partial charge on any atom is -0.457 e. The number of aromatic nitrogens is 2. The molecule has 0 bridgehead atoms. The molecule has 0 amide bonds. The molecule has 0 saturated heterocycles. The zero-order valence-electron chi connectivity index (χ0n) is 28.5. The van der Waals surface area contributed by atoms with Gasteiger partial charge in [-0.15, -0.1) is 0 Å². The van der Waals surface area contributed by atoms with Crippen molar-refractivity contribution in [3.05, 3.63) is 203 Å². The first-order valence-electron chi connectivity index (χ1n) is 17.9. The average Bonchev–Trinajstić information content (AvgIpc) is 3.52. The number of benzene rings is 7. The second-order valence-electron chi connectivity index (χ2n) is 13.7. The van der Waals surface area contributed by atoms with Gasteiger partial charge in [0.05, 0.1) is 16.8 Å². The van der Waals surface area contributed by atoms with Crippen LogP contribution < -0.4 is 4.74 Å². The van der Waals surface area contributed by atoms with Crippen LogP contribution in [0.5, 0.6) is 11.5 Å². The first-order valence-corrected chi connectivity index (χ1v) is 17.9. The molecule has 1 aliphatic carbocycles. The standard InChI is InChI=1S/C49H30N2O2/c1-3-14-33(15-4-1)42-30-43(34-16-5-2-6-17-34)51-48(50-42)35-26-25-32-24-23-31-13-7-9-19-38(31)49(40(32)27-35)39-20-10-12-22-45(39)53-47-28-37-36-18-8-11-21-44(36)52-46(37)29-41(47)49/h1-30H. The van der Waals surface area contributed by atoms with Crippen LogP contribution in [0.2, 0.25) is 0 Å². The minimum absolute atomic E-state index is 0.665. The zero-order chi connectivity index (χ0) is 34.9. The van der Waals surface area contributed by atoms with Crippen LogP contribution in [-0.2, 0) is 5.41 Å². The SMILES string of the molecule is C1=Cc2ccc(-c3nc(-c4ccccc4)cc(-c4ccccc4)n3)cc2C2(c3ccccc31)c1ccccc1Oc1cc3c(cc12)oc1ccccc13. The van der Waals surface area contributed by atoms with Crippen molar-refractivity contribution in [1.29, 1.82) is 0 Å². The Labute approximate surface area is 306 Å². The number of hydrogen-bond acceptors (Lipinski definition) is 4. The summed E-state index contributed by atoms with van der Waals surface area (Å²) in [5.41, 5.74) is 12.3. The Morgan fingerprint density at radius 3 is 1.81 bits per heavy atom. The number of para-hydroxylation sites is 2. The van der Waals surface area contributed by atoms with Gasteiger partial charge in [0.25, 0.3) is 0 Å². The van der Waals surface area contributed by atoms with Crippen LogP contribution in [-0.4, -0.2) is 9.97 Å². The van der Waals surface area contributed by atoms with E-state index in [1.165, 1.54) is 5.56 Å². The molecule has 2 aliphatic rings. The van der Waals surface area contributed by atoms with E-state index >= 15 is 0 Å². The van der Waals surface area contributed by atoms with Crippen molar-refractivity contribution < 1.29 is 9.15 Å². The van der Waals surface area contributed by atoms with Crippen molar-refractivity contribution >= 4 is 34.1 Å². The summed E-state index contributed by atoms with van der Waals surface area (Å²) in [7, 11) is 0. The lowest BCUT2D eigenvalue weighted by Gasteiger charge is -2.42. The Bertz CT molecular complexity index is 2870. The molecule has 0 fully saturated rings. The Kier molecular flexibility index (Phi) is 6.43. The Hall–Kier alpha value is -7.04. The van der Waals surface area contributed by atoms with Gasteiger partial charge in [0.15, 0.2) is 5.82 Å². The van der Waals surface area contributed by atoms with Gasteiger partial charge in [0.2, 0.25) is 0 Å². The first kappa shape index (κ1) is 29.7. The molecular formula is C49H30N2O2. The molecule has 11 rings (SSSR count). The molecule has 9 aromatic rings. The van der Waals surface area contributed by atoms with E-state index in [9.17, 15) is 0 Å². The quantitative estimate of drug-likeness (QED) is 0.187. The molecule has 1 unspecified atom stereocenters. The molecule has 2 aromatic heterocycles. The van der Waals surface area contributed by atoms with Gasteiger partial charge in [-0.3, -0.25) is 0 Å². The van der Waals surface area contributed by atoms with Gasteiger partial charge in [-0.05, 0) is 58.7 Å². The van der Waals surface area contributed by atoms with Crippen LogP contribution in [0, 0.1) is 0 Å². The predicted octanol–water partition coefficient (Wildman–Crippen LogP) is 12.3. The van der Waals surface area contributed by atoms with Crippen LogP contribution in [0.1, 0.15) is 33.4 Å². The highest BCUT2D eigenvalue weighted by Gasteiger charge is 2.48. The van der Waals surface area contributed by atoms with Gasteiger partial charge >= 0.3 is 0 Å². The van der Waals surface area contributed by atoms with E-state index in [1.54, 1.807) is 0 Å². The maximum absolute atomic E-state index is 6.86. The number of fused-ring (bicyclic) bond motifs is 11.